The summed E-state index contributed by atoms with van der Waals surface area (Å²) in [6.45, 7) is 1.95. The highest BCUT2D eigenvalue weighted by Crippen LogP contribution is 2.29. The molecule has 0 bridgehead atoms. The van der Waals surface area contributed by atoms with E-state index >= 15 is 0 Å². The third-order valence-electron chi connectivity index (χ3n) is 3.98. The molecule has 1 heterocycles. The maximum Gasteiger partial charge on any atom is 0.307 e. The van der Waals surface area contributed by atoms with E-state index in [2.05, 4.69) is 17.4 Å². The monoisotopic (exact) mass is 302 g/mol. The van der Waals surface area contributed by atoms with Crippen LogP contribution < -0.4 is 10.2 Å². The number of amides is 1. The predicted octanol–water partition coefficient (Wildman–Crippen LogP) is 2.41. The molecular formula is C16H18N2O2S. The zero-order valence-electron chi connectivity index (χ0n) is 12.0. The van der Waals surface area contributed by atoms with Crippen molar-refractivity contribution >= 4 is 17.2 Å². The fraction of sp³-hybridized carbons (Fsp3) is 0.375. The minimum absolute atomic E-state index is 0.0668. The number of carbonyl (C=O) groups excluding carboxylic acids is 1. The standard InChI is InChI=1S/C16H18N2O2S/c1-11-10-21-16(20)18(11)9-15(19)17-14-8-4-6-12-5-2-3-7-13(12)14/h2-3,5,7,10,14H,4,6,8-9H2,1H3,(H,17,19)/t14-/m0/s1. The molecule has 21 heavy (non-hydrogen) atoms. The van der Waals surface area contributed by atoms with E-state index in [0.29, 0.717) is 0 Å². The molecule has 0 fully saturated rings. The first-order valence-corrected chi connectivity index (χ1v) is 8.05. The average Bonchev–Trinajstić information content (AvgIpc) is 2.79. The Hall–Kier alpha value is -1.88. The van der Waals surface area contributed by atoms with Crippen LogP contribution in [0.2, 0.25) is 0 Å². The lowest BCUT2D eigenvalue weighted by molar-refractivity contribution is -0.122. The molecule has 4 nitrogen and oxygen atoms in total. The van der Waals surface area contributed by atoms with Crippen molar-refractivity contribution < 1.29 is 4.79 Å². The Labute approximate surface area is 127 Å². The number of carbonyl (C=O) groups is 1. The van der Waals surface area contributed by atoms with E-state index in [1.807, 2.05) is 19.1 Å². The molecule has 1 aliphatic carbocycles. The van der Waals surface area contributed by atoms with Crippen molar-refractivity contribution in [3.63, 3.8) is 0 Å². The number of rotatable bonds is 3. The van der Waals surface area contributed by atoms with Crippen LogP contribution in [0, 0.1) is 6.92 Å². The van der Waals surface area contributed by atoms with Crippen LogP contribution in [-0.2, 0) is 17.8 Å². The molecule has 0 saturated carbocycles. The van der Waals surface area contributed by atoms with Gasteiger partial charge in [-0.1, -0.05) is 35.6 Å². The number of nitrogens with zero attached hydrogens (tertiary/aromatic N) is 1. The van der Waals surface area contributed by atoms with Crippen molar-refractivity contribution in [1.29, 1.82) is 0 Å². The maximum atomic E-state index is 12.2. The SMILES string of the molecule is Cc1csc(=O)n1CC(=O)N[C@H]1CCCc2ccccc21. The van der Waals surface area contributed by atoms with Gasteiger partial charge in [-0.15, -0.1) is 0 Å². The molecule has 1 aliphatic rings. The van der Waals surface area contributed by atoms with Gasteiger partial charge in [0, 0.05) is 11.1 Å². The fourth-order valence-corrected chi connectivity index (χ4v) is 3.62. The fourth-order valence-electron chi connectivity index (χ4n) is 2.88. The Kier molecular flexibility index (Phi) is 3.92. The van der Waals surface area contributed by atoms with E-state index in [4.69, 9.17) is 0 Å². The van der Waals surface area contributed by atoms with Gasteiger partial charge in [0.15, 0.2) is 0 Å². The Morgan fingerprint density at radius 1 is 1.43 bits per heavy atom. The van der Waals surface area contributed by atoms with Crippen molar-refractivity contribution in [2.75, 3.05) is 0 Å². The minimum atomic E-state index is -0.0969. The summed E-state index contributed by atoms with van der Waals surface area (Å²) in [7, 11) is 0. The molecular weight excluding hydrogens is 284 g/mol. The van der Waals surface area contributed by atoms with Gasteiger partial charge in [0.05, 0.1) is 6.04 Å². The van der Waals surface area contributed by atoms with E-state index in [1.54, 1.807) is 5.38 Å². The van der Waals surface area contributed by atoms with Crippen LogP contribution in [0.1, 0.15) is 35.7 Å². The summed E-state index contributed by atoms with van der Waals surface area (Å²) in [5, 5.41) is 4.86. The molecule has 0 unspecified atom stereocenters. The third-order valence-corrected chi connectivity index (χ3v) is 4.86. The lowest BCUT2D eigenvalue weighted by atomic mass is 9.88. The molecule has 3 rings (SSSR count). The zero-order valence-corrected chi connectivity index (χ0v) is 12.8. The molecule has 110 valence electrons. The van der Waals surface area contributed by atoms with Gasteiger partial charge < -0.3 is 5.32 Å². The van der Waals surface area contributed by atoms with Gasteiger partial charge in [0.1, 0.15) is 6.54 Å². The average molecular weight is 302 g/mol. The van der Waals surface area contributed by atoms with Crippen LogP contribution in [0.25, 0.3) is 0 Å². The highest BCUT2D eigenvalue weighted by molar-refractivity contribution is 7.07. The summed E-state index contributed by atoms with van der Waals surface area (Å²) < 4.78 is 1.52. The van der Waals surface area contributed by atoms with Gasteiger partial charge in [0.2, 0.25) is 5.91 Å². The lowest BCUT2D eigenvalue weighted by Gasteiger charge is -2.26. The van der Waals surface area contributed by atoms with Crippen LogP contribution in [0.4, 0.5) is 0 Å². The van der Waals surface area contributed by atoms with Gasteiger partial charge in [0.25, 0.3) is 0 Å². The number of nitrogens with one attached hydrogen (secondary N) is 1. The normalized spacial score (nSPS) is 17.3. The first-order valence-electron chi connectivity index (χ1n) is 7.17. The lowest BCUT2D eigenvalue weighted by Crippen LogP contribution is -2.35. The summed E-state index contributed by atoms with van der Waals surface area (Å²) in [5.41, 5.74) is 3.37. The number of hydrogen-bond acceptors (Lipinski definition) is 3. The van der Waals surface area contributed by atoms with Crippen LogP contribution >= 0.6 is 11.3 Å². The molecule has 0 saturated heterocycles. The summed E-state index contributed by atoms with van der Waals surface area (Å²) in [6, 6.07) is 8.33. The Morgan fingerprint density at radius 3 is 3.00 bits per heavy atom. The largest absolute Gasteiger partial charge is 0.348 e. The van der Waals surface area contributed by atoms with E-state index in [0.717, 1.165) is 36.3 Å². The second-order valence-corrected chi connectivity index (χ2v) is 6.26. The van der Waals surface area contributed by atoms with Gasteiger partial charge in [-0.3, -0.25) is 14.2 Å². The Morgan fingerprint density at radius 2 is 2.24 bits per heavy atom. The third kappa shape index (κ3) is 2.93. The number of fused-ring (bicyclic) bond motifs is 1. The van der Waals surface area contributed by atoms with E-state index < -0.39 is 0 Å². The second kappa shape index (κ2) is 5.85. The van der Waals surface area contributed by atoms with E-state index in [-0.39, 0.29) is 23.4 Å². The van der Waals surface area contributed by atoms with Crippen molar-refractivity contribution in [1.82, 2.24) is 9.88 Å². The molecule has 1 aromatic heterocycles. The quantitative estimate of drug-likeness (QED) is 0.946. The number of hydrogen-bond donors (Lipinski definition) is 1. The predicted molar refractivity (Wildman–Crippen MR) is 83.6 cm³/mol. The summed E-state index contributed by atoms with van der Waals surface area (Å²) in [4.78, 5) is 23.8. The summed E-state index contributed by atoms with van der Waals surface area (Å²) in [5.74, 6) is -0.0969. The van der Waals surface area contributed by atoms with Crippen molar-refractivity contribution in [2.45, 2.75) is 38.8 Å². The summed E-state index contributed by atoms with van der Waals surface area (Å²) in [6.07, 6.45) is 3.12. The topological polar surface area (TPSA) is 51.1 Å². The van der Waals surface area contributed by atoms with Gasteiger partial charge >= 0.3 is 4.87 Å². The molecule has 2 aromatic rings. The first-order chi connectivity index (χ1) is 10.1. The highest BCUT2D eigenvalue weighted by Gasteiger charge is 2.21. The number of aryl methyl sites for hydroxylation is 2. The summed E-state index contributed by atoms with van der Waals surface area (Å²) >= 11 is 1.14. The molecule has 0 aliphatic heterocycles. The van der Waals surface area contributed by atoms with Gasteiger partial charge in [-0.25, -0.2) is 0 Å². The molecule has 0 radical (unpaired) electrons. The number of benzene rings is 1. The maximum absolute atomic E-state index is 12.2. The minimum Gasteiger partial charge on any atom is -0.348 e. The van der Waals surface area contributed by atoms with Crippen LogP contribution in [-0.4, -0.2) is 10.5 Å². The van der Waals surface area contributed by atoms with Gasteiger partial charge in [-0.2, -0.15) is 0 Å². The zero-order chi connectivity index (χ0) is 14.8. The van der Waals surface area contributed by atoms with Crippen LogP contribution in [0.3, 0.4) is 0 Å². The molecule has 1 N–H and O–H groups in total. The van der Waals surface area contributed by atoms with E-state index in [9.17, 15) is 9.59 Å². The van der Waals surface area contributed by atoms with Crippen molar-refractivity contribution in [3.05, 3.63) is 56.1 Å². The number of thiazole rings is 1. The molecule has 1 atom stereocenters. The highest BCUT2D eigenvalue weighted by atomic mass is 32.1. The van der Waals surface area contributed by atoms with Crippen LogP contribution in [0.5, 0.6) is 0 Å². The van der Waals surface area contributed by atoms with Crippen LogP contribution in [0.15, 0.2) is 34.4 Å². The van der Waals surface area contributed by atoms with Gasteiger partial charge in [-0.05, 0) is 37.3 Å². The Bertz CT molecular complexity index is 717. The van der Waals surface area contributed by atoms with Crippen molar-refractivity contribution in [3.8, 4) is 0 Å². The molecule has 5 heteroatoms. The molecule has 1 amide bonds. The smallest absolute Gasteiger partial charge is 0.307 e. The van der Waals surface area contributed by atoms with Crippen molar-refractivity contribution in [2.24, 2.45) is 0 Å². The first kappa shape index (κ1) is 14.1. The number of aromatic nitrogens is 1. The molecule has 1 aromatic carbocycles. The second-order valence-electron chi connectivity index (χ2n) is 5.44. The van der Waals surface area contributed by atoms with E-state index in [1.165, 1.54) is 15.7 Å². The molecule has 0 spiro atoms. The Balaban J connectivity index is 1.73.